The summed E-state index contributed by atoms with van der Waals surface area (Å²) in [7, 11) is 0. The number of halogens is 1. The zero-order chi connectivity index (χ0) is 51.0. The van der Waals surface area contributed by atoms with Gasteiger partial charge in [0.05, 0.1) is 68.2 Å². The van der Waals surface area contributed by atoms with E-state index in [0.717, 1.165) is 119 Å². The molecule has 74 heavy (non-hydrogen) atoms. The molecule has 2 saturated heterocycles. The largest absolute Gasteiger partial charge is 0.391 e. The maximum absolute atomic E-state index is 14.6. The number of fused-ring (bicyclic) bond motifs is 7. The van der Waals surface area contributed by atoms with E-state index < -0.39 is 29.6 Å². The smallest absolute Gasteiger partial charge is 0.281 e. The quantitative estimate of drug-likeness (QED) is 0.119. The SMILES string of the molecule is Cc1ncsc1-c1ccc([C@H](Cn2cc(CN3CCC(c4ccc5c(c4)C4(CCCCC4)c4nc(=O)c6c(Br)cccc6n4-5)CC3)nn2)NC(=O)[C@@H]2C[C@@H](O)CN2C(=O)[C@@H](n2cc(C3CC3)nn2)C(C)(C)C)cc1. The van der Waals surface area contributed by atoms with Crippen molar-refractivity contribution in [2.45, 2.75) is 146 Å². The van der Waals surface area contributed by atoms with Crippen LogP contribution in [0.1, 0.15) is 148 Å². The van der Waals surface area contributed by atoms with E-state index in [9.17, 15) is 19.5 Å². The highest BCUT2D eigenvalue weighted by Crippen LogP contribution is 2.52. The Kier molecular flexibility index (Phi) is 12.8. The molecule has 16 nitrogen and oxygen atoms in total. The molecule has 4 atom stereocenters. The fourth-order valence-electron chi connectivity index (χ4n) is 12.6. The van der Waals surface area contributed by atoms with Crippen LogP contribution in [0.4, 0.5) is 0 Å². The molecule has 0 radical (unpaired) electrons. The summed E-state index contributed by atoms with van der Waals surface area (Å²) in [5.41, 5.74) is 10.2. The summed E-state index contributed by atoms with van der Waals surface area (Å²) >= 11 is 5.23. The highest BCUT2D eigenvalue weighted by atomic mass is 79.9. The molecule has 2 aliphatic carbocycles. The second-order valence-corrected chi connectivity index (χ2v) is 24.3. The standard InChI is InChI=1S/C56H63BrN12O4S/c1-33-49(74-32-58-33)37-15-13-35(14-16-37)43(59-51(71)47-26-40(70)29-67(47)53(73)50(55(2,3)4)68-31-44(62-64-68)36-11-12-36)30-66-28-39(61-63-66)27-65-23-19-34(20-24-65)38-17-18-45-41(25-38)56(21-6-5-7-22-56)54-60-52(72)48-42(57)9-8-10-46(48)69(45)54/h8-10,13-18,25,28,31-32,34,36,40,43,47,50,70H,5-7,11-12,19-24,26-27,29-30H2,1-4H3,(H,59,71)/t40-,43+,47+,50-/m1/s1. The third kappa shape index (κ3) is 9.02. The van der Waals surface area contributed by atoms with E-state index in [-0.39, 0.29) is 35.8 Å². The molecule has 5 aliphatic rings. The van der Waals surface area contributed by atoms with Crippen molar-refractivity contribution >= 4 is 50.0 Å². The molecule has 3 aliphatic heterocycles. The molecular formula is C56H63BrN12O4S. The Hall–Kier alpha value is -5.95. The van der Waals surface area contributed by atoms with Gasteiger partial charge in [0.1, 0.15) is 17.9 Å². The second-order valence-electron chi connectivity index (χ2n) is 22.6. The van der Waals surface area contributed by atoms with E-state index in [4.69, 9.17) is 4.98 Å². The first-order valence-electron chi connectivity index (χ1n) is 26.4. The van der Waals surface area contributed by atoms with Gasteiger partial charge >= 0.3 is 0 Å². The van der Waals surface area contributed by atoms with Crippen LogP contribution in [0.2, 0.25) is 0 Å². The van der Waals surface area contributed by atoms with E-state index in [1.165, 1.54) is 22.4 Å². The molecule has 7 heterocycles. The Morgan fingerprint density at radius 2 is 1.73 bits per heavy atom. The van der Waals surface area contributed by atoms with Crippen molar-refractivity contribution in [3.8, 4) is 16.1 Å². The number of piperidine rings is 1. The number of carbonyl (C=O) groups is 2. The summed E-state index contributed by atoms with van der Waals surface area (Å²) in [5, 5.41) is 33.0. The predicted octanol–water partition coefficient (Wildman–Crippen LogP) is 8.69. The van der Waals surface area contributed by atoms with Crippen molar-refractivity contribution in [1.82, 2.24) is 59.6 Å². The molecule has 3 aromatic carbocycles. The van der Waals surface area contributed by atoms with Crippen molar-refractivity contribution < 1.29 is 14.7 Å². The lowest BCUT2D eigenvalue weighted by Crippen LogP contribution is -2.51. The van der Waals surface area contributed by atoms with Gasteiger partial charge in [-0.3, -0.25) is 23.9 Å². The van der Waals surface area contributed by atoms with Crippen LogP contribution in [0.25, 0.3) is 27.0 Å². The minimum atomic E-state index is -0.892. The molecular weight excluding hydrogens is 1020 g/mol. The van der Waals surface area contributed by atoms with Crippen LogP contribution in [-0.2, 0) is 28.1 Å². The minimum Gasteiger partial charge on any atom is -0.391 e. The monoisotopic (exact) mass is 1080 g/mol. The molecule has 0 bridgehead atoms. The molecule has 384 valence electrons. The van der Waals surface area contributed by atoms with Gasteiger partial charge in [-0.1, -0.05) is 92.9 Å². The number of likely N-dealkylation sites (tertiary alicyclic amines) is 2. The zero-order valence-electron chi connectivity index (χ0n) is 42.5. The van der Waals surface area contributed by atoms with Gasteiger partial charge in [0.15, 0.2) is 0 Å². The maximum Gasteiger partial charge on any atom is 0.281 e. The van der Waals surface area contributed by atoms with Crippen LogP contribution < -0.4 is 10.9 Å². The molecule has 2 saturated carbocycles. The van der Waals surface area contributed by atoms with E-state index >= 15 is 0 Å². The van der Waals surface area contributed by atoms with Crippen molar-refractivity contribution in [3.05, 3.63) is 133 Å². The summed E-state index contributed by atoms with van der Waals surface area (Å²) < 4.78 is 6.49. The molecule has 2 N–H and O–H groups in total. The highest BCUT2D eigenvalue weighted by molar-refractivity contribution is 9.10. The number of β-amino-alcohol motifs (C(OH)–C–C–N with tert-alkyl or cyclic N) is 1. The van der Waals surface area contributed by atoms with Crippen LogP contribution >= 0.6 is 27.3 Å². The van der Waals surface area contributed by atoms with Crippen LogP contribution in [-0.4, -0.2) is 103 Å². The lowest BCUT2D eigenvalue weighted by Gasteiger charge is -2.35. The van der Waals surface area contributed by atoms with Crippen LogP contribution in [0, 0.1) is 12.3 Å². The lowest BCUT2D eigenvalue weighted by molar-refractivity contribution is -0.144. The van der Waals surface area contributed by atoms with Gasteiger partial charge in [0.2, 0.25) is 11.8 Å². The van der Waals surface area contributed by atoms with E-state index in [1.54, 1.807) is 20.7 Å². The van der Waals surface area contributed by atoms with E-state index in [0.29, 0.717) is 30.3 Å². The Morgan fingerprint density at radius 1 is 0.946 bits per heavy atom. The zero-order valence-corrected chi connectivity index (χ0v) is 44.9. The first-order chi connectivity index (χ1) is 35.7. The fraction of sp³-hybridized carbons (Fsp3) is 0.482. The number of nitrogens with zero attached hydrogens (tertiary/aromatic N) is 11. The highest BCUT2D eigenvalue weighted by Gasteiger charge is 2.48. The van der Waals surface area contributed by atoms with Crippen LogP contribution in [0.15, 0.2) is 87.8 Å². The number of aliphatic hydroxyl groups excluding tert-OH is 1. The molecule has 1 spiro atoms. The summed E-state index contributed by atoms with van der Waals surface area (Å²) in [5.74, 6) is 1.07. The molecule has 12 rings (SSSR count). The molecule has 18 heteroatoms. The number of amides is 2. The predicted molar refractivity (Wildman–Crippen MR) is 286 cm³/mol. The maximum atomic E-state index is 14.6. The van der Waals surface area contributed by atoms with Crippen molar-refractivity contribution in [3.63, 3.8) is 0 Å². The Bertz CT molecular complexity index is 3320. The molecule has 4 fully saturated rings. The topological polar surface area (TPSA) is 182 Å². The number of carbonyl (C=O) groups excluding carboxylic acids is 2. The average Bonchev–Trinajstić information content (AvgIpc) is 3.77. The summed E-state index contributed by atoms with van der Waals surface area (Å²) in [6.07, 6.45) is 12.7. The molecule has 0 unspecified atom stereocenters. The van der Waals surface area contributed by atoms with Gasteiger partial charge in [-0.05, 0) is 126 Å². The Labute approximate surface area is 442 Å². The van der Waals surface area contributed by atoms with E-state index in [1.807, 2.05) is 69.9 Å². The number of thiazole rings is 1. The van der Waals surface area contributed by atoms with Crippen molar-refractivity contribution in [2.75, 3.05) is 19.6 Å². The molecule has 2 amide bonds. The van der Waals surface area contributed by atoms with Gasteiger partial charge in [0.25, 0.3) is 5.56 Å². The Morgan fingerprint density at radius 3 is 2.46 bits per heavy atom. The van der Waals surface area contributed by atoms with Gasteiger partial charge < -0.3 is 15.3 Å². The summed E-state index contributed by atoms with van der Waals surface area (Å²) in [6, 6.07) is 19.0. The van der Waals surface area contributed by atoms with Crippen LogP contribution in [0.3, 0.4) is 0 Å². The van der Waals surface area contributed by atoms with Crippen molar-refractivity contribution in [2.24, 2.45) is 5.41 Å². The number of benzene rings is 3. The summed E-state index contributed by atoms with van der Waals surface area (Å²) in [4.78, 5) is 57.2. The first kappa shape index (κ1) is 49.0. The third-order valence-corrected chi connectivity index (χ3v) is 18.2. The average molecular weight is 1080 g/mol. The van der Waals surface area contributed by atoms with Gasteiger partial charge in [-0.25, -0.2) is 14.3 Å². The lowest BCUT2D eigenvalue weighted by atomic mass is 9.69. The Balaban J connectivity index is 0.749. The fourth-order valence-corrected chi connectivity index (χ4v) is 13.9. The van der Waals surface area contributed by atoms with Crippen molar-refractivity contribution in [1.29, 1.82) is 0 Å². The van der Waals surface area contributed by atoms with Gasteiger partial charge in [-0.15, -0.1) is 21.5 Å². The van der Waals surface area contributed by atoms with Crippen LogP contribution in [0.5, 0.6) is 0 Å². The number of hydrogen-bond acceptors (Lipinski definition) is 12. The normalized spacial score (nSPS) is 20.8. The summed E-state index contributed by atoms with van der Waals surface area (Å²) in [6.45, 7) is 10.8. The second kappa shape index (κ2) is 19.3. The first-order valence-corrected chi connectivity index (χ1v) is 28.1. The number of rotatable bonds is 12. The minimum absolute atomic E-state index is 0.0465. The number of aliphatic hydroxyl groups is 1. The molecule has 4 aromatic heterocycles. The number of aryl methyl sites for hydroxylation is 1. The number of nitrogens with one attached hydrogen (secondary N) is 1. The molecule has 7 aromatic rings. The number of aromatic nitrogens is 9. The third-order valence-electron chi connectivity index (χ3n) is 16.5. The van der Waals surface area contributed by atoms with E-state index in [2.05, 4.69) is 92.7 Å². The number of hydrogen-bond donors (Lipinski definition) is 2. The van der Waals surface area contributed by atoms with Gasteiger partial charge in [-0.2, -0.15) is 4.98 Å². The van der Waals surface area contributed by atoms with Gasteiger partial charge in [0, 0.05) is 42.3 Å².